The Kier molecular flexibility index (Phi) is 2.55. The number of carbonyl (C=O) groups excluding carboxylic acids is 1. The standard InChI is InChI=1S/C17H17N3O/c1-11(21)20-8-7-16-14(10-20)13-9-18-15-6-4-3-5-12(15)17(13)19(16)2/h3-6,9H,7-8,10H2,1-2H3. The van der Waals surface area contributed by atoms with Gasteiger partial charge in [-0.1, -0.05) is 18.2 Å². The first-order valence-electron chi connectivity index (χ1n) is 7.26. The molecule has 4 nitrogen and oxygen atoms in total. The zero-order valence-electron chi connectivity index (χ0n) is 12.3. The summed E-state index contributed by atoms with van der Waals surface area (Å²) in [4.78, 5) is 18.2. The highest BCUT2D eigenvalue weighted by Crippen LogP contribution is 2.33. The predicted molar refractivity (Wildman–Crippen MR) is 83.0 cm³/mol. The molecule has 0 spiro atoms. The Morgan fingerprint density at radius 1 is 1.24 bits per heavy atom. The second kappa shape index (κ2) is 4.32. The Morgan fingerprint density at radius 3 is 2.86 bits per heavy atom. The smallest absolute Gasteiger partial charge is 0.219 e. The molecule has 1 aliphatic rings. The summed E-state index contributed by atoms with van der Waals surface area (Å²) in [6, 6.07) is 8.24. The van der Waals surface area contributed by atoms with Crippen LogP contribution in [0, 0.1) is 0 Å². The van der Waals surface area contributed by atoms with Gasteiger partial charge in [-0.2, -0.15) is 0 Å². The molecule has 0 saturated carbocycles. The fourth-order valence-electron chi connectivity index (χ4n) is 3.48. The summed E-state index contributed by atoms with van der Waals surface area (Å²) in [5.41, 5.74) is 4.84. The molecule has 21 heavy (non-hydrogen) atoms. The van der Waals surface area contributed by atoms with Crippen molar-refractivity contribution in [2.75, 3.05) is 6.54 Å². The van der Waals surface area contributed by atoms with E-state index in [4.69, 9.17) is 0 Å². The number of hydrogen-bond acceptors (Lipinski definition) is 2. The van der Waals surface area contributed by atoms with E-state index in [1.807, 2.05) is 23.2 Å². The number of benzene rings is 1. The van der Waals surface area contributed by atoms with Gasteiger partial charge in [0.05, 0.1) is 11.0 Å². The molecule has 3 aromatic rings. The first-order chi connectivity index (χ1) is 10.2. The largest absolute Gasteiger partial charge is 0.347 e. The summed E-state index contributed by atoms with van der Waals surface area (Å²) in [5, 5.41) is 2.36. The molecule has 1 aromatic carbocycles. The Balaban J connectivity index is 2.04. The van der Waals surface area contributed by atoms with Crippen molar-refractivity contribution < 1.29 is 4.79 Å². The molecule has 0 radical (unpaired) electrons. The van der Waals surface area contributed by atoms with Gasteiger partial charge in [0, 0.05) is 61.7 Å². The van der Waals surface area contributed by atoms with Crippen LogP contribution in [0.15, 0.2) is 30.5 Å². The van der Waals surface area contributed by atoms with Crippen LogP contribution in [0.1, 0.15) is 18.2 Å². The average molecular weight is 279 g/mol. The number of hydrogen-bond donors (Lipinski definition) is 0. The Morgan fingerprint density at radius 2 is 2.05 bits per heavy atom. The van der Waals surface area contributed by atoms with E-state index in [9.17, 15) is 4.79 Å². The van der Waals surface area contributed by atoms with Crippen molar-refractivity contribution in [2.45, 2.75) is 19.9 Å². The number of rotatable bonds is 0. The maximum absolute atomic E-state index is 11.7. The van der Waals surface area contributed by atoms with Crippen molar-refractivity contribution in [1.29, 1.82) is 0 Å². The molecule has 4 rings (SSSR count). The molecule has 0 saturated heterocycles. The van der Waals surface area contributed by atoms with E-state index in [-0.39, 0.29) is 5.91 Å². The molecule has 106 valence electrons. The highest BCUT2D eigenvalue weighted by Gasteiger charge is 2.24. The van der Waals surface area contributed by atoms with Gasteiger partial charge in [-0.25, -0.2) is 0 Å². The van der Waals surface area contributed by atoms with Crippen molar-refractivity contribution in [2.24, 2.45) is 7.05 Å². The van der Waals surface area contributed by atoms with Gasteiger partial charge >= 0.3 is 0 Å². The topological polar surface area (TPSA) is 38.1 Å². The van der Waals surface area contributed by atoms with E-state index in [0.717, 1.165) is 18.5 Å². The highest BCUT2D eigenvalue weighted by molar-refractivity contribution is 6.05. The SMILES string of the molecule is CC(=O)N1CCc2c(c3cnc4ccccc4c3n2C)C1. The molecule has 0 atom stereocenters. The van der Waals surface area contributed by atoms with Gasteiger partial charge in [0.1, 0.15) is 0 Å². The molecule has 1 amide bonds. The molecular formula is C17H17N3O. The van der Waals surface area contributed by atoms with Crippen LogP contribution in [0.3, 0.4) is 0 Å². The third kappa shape index (κ3) is 1.68. The first kappa shape index (κ1) is 12.4. The lowest BCUT2D eigenvalue weighted by Gasteiger charge is -2.26. The van der Waals surface area contributed by atoms with Gasteiger partial charge < -0.3 is 9.47 Å². The first-order valence-corrected chi connectivity index (χ1v) is 7.26. The van der Waals surface area contributed by atoms with Crippen LogP contribution in [-0.4, -0.2) is 26.9 Å². The lowest BCUT2D eigenvalue weighted by molar-refractivity contribution is -0.129. The van der Waals surface area contributed by atoms with E-state index in [0.29, 0.717) is 6.54 Å². The van der Waals surface area contributed by atoms with Gasteiger partial charge in [-0.3, -0.25) is 9.78 Å². The van der Waals surface area contributed by atoms with E-state index < -0.39 is 0 Å². The third-order valence-corrected chi connectivity index (χ3v) is 4.57. The van der Waals surface area contributed by atoms with Gasteiger partial charge in [0.25, 0.3) is 0 Å². The highest BCUT2D eigenvalue weighted by atomic mass is 16.2. The monoisotopic (exact) mass is 279 g/mol. The van der Waals surface area contributed by atoms with Gasteiger partial charge in [0.15, 0.2) is 0 Å². The van der Waals surface area contributed by atoms with Gasteiger partial charge in [0.2, 0.25) is 5.91 Å². The van der Waals surface area contributed by atoms with Crippen molar-refractivity contribution in [1.82, 2.24) is 14.5 Å². The summed E-state index contributed by atoms with van der Waals surface area (Å²) in [6.07, 6.45) is 2.87. The summed E-state index contributed by atoms with van der Waals surface area (Å²) in [5.74, 6) is 0.145. The summed E-state index contributed by atoms with van der Waals surface area (Å²) < 4.78 is 2.28. The molecule has 0 fully saturated rings. The van der Waals surface area contributed by atoms with E-state index in [2.05, 4.69) is 28.7 Å². The molecule has 4 heteroatoms. The van der Waals surface area contributed by atoms with Crippen LogP contribution in [0.2, 0.25) is 0 Å². The Hall–Kier alpha value is -2.36. The Bertz CT molecular complexity index is 878. The fourth-order valence-corrected chi connectivity index (χ4v) is 3.48. The molecule has 1 aliphatic heterocycles. The number of nitrogens with zero attached hydrogens (tertiary/aromatic N) is 3. The van der Waals surface area contributed by atoms with Crippen LogP contribution in [0.4, 0.5) is 0 Å². The number of amides is 1. The number of aryl methyl sites for hydroxylation is 1. The molecule has 0 unspecified atom stereocenters. The van der Waals surface area contributed by atoms with Crippen molar-refractivity contribution in [3.63, 3.8) is 0 Å². The van der Waals surface area contributed by atoms with Gasteiger partial charge in [-0.15, -0.1) is 0 Å². The molecule has 0 N–H and O–H groups in total. The minimum Gasteiger partial charge on any atom is -0.347 e. The molecule has 0 bridgehead atoms. The maximum atomic E-state index is 11.7. The maximum Gasteiger partial charge on any atom is 0.219 e. The minimum absolute atomic E-state index is 0.145. The van der Waals surface area contributed by atoms with E-state index in [1.165, 1.54) is 27.5 Å². The van der Waals surface area contributed by atoms with Crippen LogP contribution in [0.25, 0.3) is 21.8 Å². The third-order valence-electron chi connectivity index (χ3n) is 4.57. The number of fused-ring (bicyclic) bond motifs is 5. The summed E-state index contributed by atoms with van der Waals surface area (Å²) in [6.45, 7) is 3.14. The van der Waals surface area contributed by atoms with Crippen LogP contribution < -0.4 is 0 Å². The van der Waals surface area contributed by atoms with Crippen molar-refractivity contribution in [3.8, 4) is 0 Å². The lowest BCUT2D eigenvalue weighted by Crippen LogP contribution is -2.34. The van der Waals surface area contributed by atoms with Crippen LogP contribution >= 0.6 is 0 Å². The van der Waals surface area contributed by atoms with Crippen LogP contribution in [-0.2, 0) is 24.8 Å². The summed E-state index contributed by atoms with van der Waals surface area (Å²) >= 11 is 0. The lowest BCUT2D eigenvalue weighted by atomic mass is 10.0. The normalized spacial score (nSPS) is 14.7. The summed E-state index contributed by atoms with van der Waals surface area (Å²) in [7, 11) is 2.12. The molecular weight excluding hydrogens is 262 g/mol. The zero-order chi connectivity index (χ0) is 14.6. The average Bonchev–Trinajstić information content (AvgIpc) is 2.80. The zero-order valence-corrected chi connectivity index (χ0v) is 12.3. The van der Waals surface area contributed by atoms with Crippen LogP contribution in [0.5, 0.6) is 0 Å². The number of aromatic nitrogens is 2. The minimum atomic E-state index is 0.145. The number of pyridine rings is 1. The fraction of sp³-hybridized carbons (Fsp3) is 0.294. The van der Waals surface area contributed by atoms with Crippen molar-refractivity contribution >= 4 is 27.7 Å². The van der Waals surface area contributed by atoms with E-state index >= 15 is 0 Å². The molecule has 3 heterocycles. The number of para-hydroxylation sites is 1. The quantitative estimate of drug-likeness (QED) is 0.634. The number of carbonyl (C=O) groups is 1. The van der Waals surface area contributed by atoms with Crippen molar-refractivity contribution in [3.05, 3.63) is 41.7 Å². The van der Waals surface area contributed by atoms with Gasteiger partial charge in [-0.05, 0) is 6.07 Å². The second-order valence-corrected chi connectivity index (χ2v) is 5.71. The molecule has 2 aromatic heterocycles. The second-order valence-electron chi connectivity index (χ2n) is 5.71. The predicted octanol–water partition coefficient (Wildman–Crippen LogP) is 2.63. The molecule has 0 aliphatic carbocycles. The Labute approximate surface area is 123 Å². The van der Waals surface area contributed by atoms with E-state index in [1.54, 1.807) is 6.92 Å².